The van der Waals surface area contributed by atoms with Crippen molar-refractivity contribution in [3.63, 3.8) is 0 Å². The third kappa shape index (κ3) is 4.30. The minimum Gasteiger partial charge on any atom is -0.232 e. The highest BCUT2D eigenvalue weighted by atomic mass is 32.3. The van der Waals surface area contributed by atoms with Crippen LogP contribution >= 0.6 is 0 Å². The second kappa shape index (κ2) is 9.49. The number of benzene rings is 2. The molecule has 0 aliphatic heterocycles. The van der Waals surface area contributed by atoms with Crippen LogP contribution in [0.2, 0.25) is 0 Å². The van der Waals surface area contributed by atoms with E-state index in [1.165, 1.54) is 0 Å². The van der Waals surface area contributed by atoms with E-state index in [1.807, 2.05) is 9.69 Å². The van der Waals surface area contributed by atoms with Gasteiger partial charge in [0.05, 0.1) is 13.1 Å². The van der Waals surface area contributed by atoms with E-state index < -0.39 is 101 Å². The van der Waals surface area contributed by atoms with Crippen LogP contribution in [0.25, 0.3) is 9.69 Å². The molecule has 22 heteroatoms. The average Bonchev–Trinajstić information content (AvgIpc) is 2.76. The van der Waals surface area contributed by atoms with Crippen molar-refractivity contribution < 1.29 is 65.2 Å². The Morgan fingerprint density at radius 2 is 0.865 bits per heavy atom. The number of hydrogen-bond acceptors (Lipinski definition) is 7. The lowest BCUT2D eigenvalue weighted by Crippen LogP contribution is -2.42. The topological polar surface area (TPSA) is 144 Å². The number of isocyanates is 1. The molecule has 196 valence electrons. The van der Waals surface area contributed by atoms with E-state index in [0.717, 1.165) is 0 Å². The van der Waals surface area contributed by atoms with Crippen molar-refractivity contribution in [3.8, 4) is 0 Å². The first-order valence-electron chi connectivity index (χ1n) is 7.97. The van der Waals surface area contributed by atoms with E-state index >= 15 is 0 Å². The van der Waals surface area contributed by atoms with Gasteiger partial charge in [-0.1, -0.05) is 4.40 Å². The summed E-state index contributed by atoms with van der Waals surface area (Å²) in [5, 5.41) is 0. The van der Waals surface area contributed by atoms with Gasteiger partial charge >= 0.3 is 10.2 Å². The Morgan fingerprint density at radius 1 is 0.595 bits per heavy atom. The highest BCUT2D eigenvalue weighted by Gasteiger charge is 2.53. The van der Waals surface area contributed by atoms with Gasteiger partial charge in [0, 0.05) is 3.12 Å². The summed E-state index contributed by atoms with van der Waals surface area (Å²) < 4.78 is 188. The number of rotatable bonds is 6. The molecule has 0 heterocycles. The summed E-state index contributed by atoms with van der Waals surface area (Å²) in [6, 6.07) is 0. The summed E-state index contributed by atoms with van der Waals surface area (Å²) in [5.74, 6) is -24.0. The lowest BCUT2D eigenvalue weighted by molar-refractivity contribution is 0.418. The predicted molar refractivity (Wildman–Crippen MR) is 98.3 cm³/mol. The van der Waals surface area contributed by atoms with Gasteiger partial charge in [0.2, 0.25) is 0 Å². The SMILES string of the molecule is [C-]#[N+]c1c(F)c(F)c(S(=O)(=O)N(S(=O)(=O)N=C=O)S(=O)(=O)c2c(F)c(F)c([N+]#[C-])c(F)c2F)c(F)c1F. The van der Waals surface area contributed by atoms with Gasteiger partial charge in [0.15, 0.2) is 56.3 Å². The molecule has 0 aliphatic carbocycles. The van der Waals surface area contributed by atoms with Gasteiger partial charge in [-0.15, -0.1) is 0 Å². The molecule has 0 amide bonds. The molecule has 0 aliphatic rings. The molecule has 2 rings (SSSR count). The van der Waals surface area contributed by atoms with Crippen molar-refractivity contribution in [2.75, 3.05) is 0 Å². The van der Waals surface area contributed by atoms with E-state index in [-0.39, 0.29) is 6.08 Å². The molecule has 0 fully saturated rings. The molecular formula is C15F8N4O7S3. The fraction of sp³-hybridized carbons (Fsp3) is 0. The minimum atomic E-state index is -7.28. The Bertz CT molecular complexity index is 1670. The Labute approximate surface area is 199 Å². The smallest absolute Gasteiger partial charge is 0.232 e. The van der Waals surface area contributed by atoms with E-state index in [2.05, 4.69) is 0 Å². The zero-order valence-corrected chi connectivity index (χ0v) is 18.8. The predicted octanol–water partition coefficient (Wildman–Crippen LogP) is 2.86. The van der Waals surface area contributed by atoms with Crippen molar-refractivity contribution in [2.45, 2.75) is 9.79 Å². The van der Waals surface area contributed by atoms with Crippen molar-refractivity contribution in [1.82, 2.24) is 3.12 Å². The second-order valence-corrected chi connectivity index (χ2v) is 11.5. The molecule has 37 heavy (non-hydrogen) atoms. The van der Waals surface area contributed by atoms with Gasteiger partial charge in [-0.3, -0.25) is 0 Å². The standard InChI is InChI=1S/C15F8N4O7S3/c1-24-12-4(16)8(20)14(9(21)5(12)17)35(29,30)27(37(33,34)26-3-28)36(31,32)15-10(22)6(18)13(25-2)7(19)11(15)23. The van der Waals surface area contributed by atoms with Crippen LogP contribution in [0.15, 0.2) is 14.2 Å². The average molecular weight is 596 g/mol. The van der Waals surface area contributed by atoms with Gasteiger partial charge in [-0.25, -0.2) is 66.4 Å². The molecular weight excluding hydrogens is 596 g/mol. The summed E-state index contributed by atoms with van der Waals surface area (Å²) in [6.07, 6.45) is 0.0416. The fourth-order valence-corrected chi connectivity index (χ4v) is 8.29. The highest BCUT2D eigenvalue weighted by Crippen LogP contribution is 2.39. The lowest BCUT2D eigenvalue weighted by atomic mass is 10.2. The number of nitrogens with zero attached hydrogens (tertiary/aromatic N) is 4. The monoisotopic (exact) mass is 596 g/mol. The van der Waals surface area contributed by atoms with E-state index in [0.29, 0.717) is 0 Å². The molecule has 0 bridgehead atoms. The molecule has 0 N–H and O–H groups in total. The number of carbonyl (C=O) groups excluding carboxylic acids is 1. The van der Waals surface area contributed by atoms with Crippen molar-refractivity contribution in [2.24, 2.45) is 4.40 Å². The normalized spacial score (nSPS) is 12.1. The molecule has 0 saturated carbocycles. The van der Waals surface area contributed by atoms with Crippen molar-refractivity contribution in [3.05, 3.63) is 69.4 Å². The summed E-state index contributed by atoms with van der Waals surface area (Å²) in [6.45, 7) is 12.9. The van der Waals surface area contributed by atoms with Crippen LogP contribution in [0.4, 0.5) is 46.5 Å². The van der Waals surface area contributed by atoms with Gasteiger partial charge in [-0.2, -0.15) is 8.42 Å². The van der Waals surface area contributed by atoms with Gasteiger partial charge < -0.3 is 0 Å². The molecule has 0 spiro atoms. The zero-order chi connectivity index (χ0) is 28.8. The van der Waals surface area contributed by atoms with Crippen LogP contribution in [-0.2, 0) is 35.1 Å². The van der Waals surface area contributed by atoms with Crippen LogP contribution in [0.5, 0.6) is 0 Å². The summed E-state index contributed by atoms with van der Waals surface area (Å²) in [5.41, 5.74) is -4.32. The van der Waals surface area contributed by atoms with Gasteiger partial charge in [-0.05, 0) is 0 Å². The minimum absolute atomic E-state index is 0.0416. The molecule has 0 atom stereocenters. The Kier molecular flexibility index (Phi) is 7.51. The van der Waals surface area contributed by atoms with E-state index in [9.17, 15) is 65.2 Å². The number of sulfonamides is 2. The van der Waals surface area contributed by atoms with E-state index in [1.54, 1.807) is 4.40 Å². The Morgan fingerprint density at radius 3 is 1.08 bits per heavy atom. The first-order chi connectivity index (χ1) is 16.9. The molecule has 0 saturated heterocycles. The molecule has 2 aromatic carbocycles. The lowest BCUT2D eigenvalue weighted by Gasteiger charge is -2.21. The maximum Gasteiger partial charge on any atom is 0.360 e. The summed E-state index contributed by atoms with van der Waals surface area (Å²) in [7, 11) is -21.4. The zero-order valence-electron chi connectivity index (χ0n) is 16.4. The highest BCUT2D eigenvalue weighted by molar-refractivity contribution is 8.17. The Hall–Kier alpha value is -3.95. The first kappa shape index (κ1) is 29.3. The molecule has 0 radical (unpaired) electrons. The largest absolute Gasteiger partial charge is 0.360 e. The second-order valence-electron chi connectivity index (χ2n) is 5.90. The van der Waals surface area contributed by atoms with Crippen LogP contribution < -0.4 is 0 Å². The van der Waals surface area contributed by atoms with Crippen LogP contribution in [0, 0.1) is 59.7 Å². The van der Waals surface area contributed by atoms with Crippen molar-refractivity contribution in [1.29, 1.82) is 0 Å². The van der Waals surface area contributed by atoms with Gasteiger partial charge in [0.25, 0.3) is 37.5 Å². The molecule has 2 aromatic rings. The Balaban J connectivity index is 3.23. The molecule has 0 unspecified atom stereocenters. The number of hydrogen-bond donors (Lipinski definition) is 0. The van der Waals surface area contributed by atoms with E-state index in [4.69, 9.17) is 13.1 Å². The van der Waals surface area contributed by atoms with Crippen LogP contribution in [0.3, 0.4) is 0 Å². The summed E-state index contributed by atoms with van der Waals surface area (Å²) >= 11 is 0. The summed E-state index contributed by atoms with van der Waals surface area (Å²) in [4.78, 5) is 8.07. The molecule has 11 nitrogen and oxygen atoms in total. The fourth-order valence-electron chi connectivity index (χ4n) is 2.46. The third-order valence-corrected chi connectivity index (χ3v) is 10.6. The maximum atomic E-state index is 14.4. The van der Waals surface area contributed by atoms with Crippen LogP contribution in [-0.4, -0.2) is 34.4 Å². The number of halogens is 8. The first-order valence-corrected chi connectivity index (χ1v) is 12.2. The van der Waals surface area contributed by atoms with Crippen molar-refractivity contribution >= 4 is 47.7 Å². The quantitative estimate of drug-likeness (QED) is 0.164. The van der Waals surface area contributed by atoms with Gasteiger partial charge in [0.1, 0.15) is 0 Å². The van der Waals surface area contributed by atoms with Crippen LogP contribution in [0.1, 0.15) is 0 Å². The molecule has 0 aromatic heterocycles. The third-order valence-electron chi connectivity index (χ3n) is 3.87. The maximum absolute atomic E-state index is 14.4.